The van der Waals surface area contributed by atoms with E-state index in [0.29, 0.717) is 17.2 Å². The maximum absolute atomic E-state index is 11.6. The molecule has 0 saturated carbocycles. The Bertz CT molecular complexity index is 834. The van der Waals surface area contributed by atoms with E-state index in [4.69, 9.17) is 0 Å². The summed E-state index contributed by atoms with van der Waals surface area (Å²) in [6.07, 6.45) is 0. The summed E-state index contributed by atoms with van der Waals surface area (Å²) < 4.78 is 0. The van der Waals surface area contributed by atoms with Gasteiger partial charge in [-0.15, -0.1) is 0 Å². The average molecular weight is 305 g/mol. The molecule has 0 unspecified atom stereocenters. The highest BCUT2D eigenvalue weighted by Gasteiger charge is 2.20. The molecule has 3 aromatic rings. The molecule has 0 bridgehead atoms. The molecule has 0 saturated heterocycles. The third-order valence-corrected chi connectivity index (χ3v) is 3.44. The predicted molar refractivity (Wildman–Crippen MR) is 89.4 cm³/mol. The number of carboxylic acids is 1. The molecule has 0 aliphatic carbocycles. The van der Waals surface area contributed by atoms with Gasteiger partial charge in [0.05, 0.1) is 11.4 Å². The minimum absolute atomic E-state index is 0.0415. The Hall–Kier alpha value is -3.21. The van der Waals surface area contributed by atoms with Gasteiger partial charge in [0.1, 0.15) is 0 Å². The molecule has 0 atom stereocenters. The van der Waals surface area contributed by atoms with E-state index in [9.17, 15) is 9.90 Å². The second kappa shape index (κ2) is 6.27. The Kier molecular flexibility index (Phi) is 4.01. The summed E-state index contributed by atoms with van der Waals surface area (Å²) in [5.74, 6) is -0.702. The van der Waals surface area contributed by atoms with Crippen LogP contribution in [0.4, 0.5) is 5.69 Å². The van der Waals surface area contributed by atoms with E-state index in [-0.39, 0.29) is 5.69 Å². The molecule has 0 radical (unpaired) electrons. The number of carbonyl (C=O) groups is 1. The molecule has 2 aromatic carbocycles. The van der Waals surface area contributed by atoms with E-state index >= 15 is 0 Å². The lowest BCUT2D eigenvalue weighted by atomic mass is 10.1. The smallest absolute Gasteiger partial charge is 0.356 e. The first-order chi connectivity index (χ1) is 11.2. The second-order valence-electron chi connectivity index (χ2n) is 4.91. The Morgan fingerprint density at radius 1 is 0.913 bits per heavy atom. The minimum atomic E-state index is -1.09. The molecular formula is C18H15N3O2. The highest BCUT2D eigenvalue weighted by atomic mass is 16.4. The Labute approximate surface area is 133 Å². The van der Waals surface area contributed by atoms with Crippen LogP contribution in [0, 0.1) is 0 Å². The van der Waals surface area contributed by atoms with Crippen LogP contribution in [0.2, 0.25) is 0 Å². The molecule has 0 aliphatic heterocycles. The average Bonchev–Trinajstić information content (AvgIpc) is 2.62. The fourth-order valence-corrected chi connectivity index (χ4v) is 2.37. The Balaban J connectivity index is 2.29. The van der Waals surface area contributed by atoms with Gasteiger partial charge in [-0.05, 0) is 0 Å². The molecule has 114 valence electrons. The Morgan fingerprint density at radius 3 is 2.00 bits per heavy atom. The number of benzene rings is 2. The first kappa shape index (κ1) is 14.7. The van der Waals surface area contributed by atoms with Crippen molar-refractivity contribution >= 4 is 11.7 Å². The van der Waals surface area contributed by atoms with Crippen LogP contribution in [-0.2, 0) is 0 Å². The van der Waals surface area contributed by atoms with Crippen molar-refractivity contribution in [2.24, 2.45) is 0 Å². The molecule has 0 fully saturated rings. The first-order valence-corrected chi connectivity index (χ1v) is 7.14. The minimum Gasteiger partial charge on any atom is -0.476 e. The van der Waals surface area contributed by atoms with Crippen LogP contribution in [0.25, 0.3) is 22.6 Å². The predicted octanol–water partition coefficient (Wildman–Crippen LogP) is 3.55. The number of nitrogens with zero attached hydrogens (tertiary/aromatic N) is 2. The highest BCUT2D eigenvalue weighted by molar-refractivity contribution is 5.96. The topological polar surface area (TPSA) is 75.1 Å². The molecule has 5 heteroatoms. The largest absolute Gasteiger partial charge is 0.476 e. The molecule has 0 spiro atoms. The van der Waals surface area contributed by atoms with Crippen LogP contribution in [0.3, 0.4) is 0 Å². The van der Waals surface area contributed by atoms with E-state index < -0.39 is 5.97 Å². The molecule has 1 heterocycles. The van der Waals surface area contributed by atoms with Gasteiger partial charge < -0.3 is 10.4 Å². The number of rotatable bonds is 4. The van der Waals surface area contributed by atoms with E-state index in [1.165, 1.54) is 0 Å². The van der Waals surface area contributed by atoms with Crippen molar-refractivity contribution in [1.82, 2.24) is 9.97 Å². The van der Waals surface area contributed by atoms with Crippen molar-refractivity contribution in [3.05, 3.63) is 66.4 Å². The maximum Gasteiger partial charge on any atom is 0.356 e. The molecule has 2 N–H and O–H groups in total. The van der Waals surface area contributed by atoms with Gasteiger partial charge in [0, 0.05) is 18.2 Å². The van der Waals surface area contributed by atoms with Crippen molar-refractivity contribution in [2.75, 3.05) is 12.4 Å². The number of hydrogen-bond donors (Lipinski definition) is 2. The van der Waals surface area contributed by atoms with Crippen molar-refractivity contribution in [3.63, 3.8) is 0 Å². The fourth-order valence-electron chi connectivity index (χ4n) is 2.37. The van der Waals surface area contributed by atoms with Gasteiger partial charge >= 0.3 is 5.97 Å². The normalized spacial score (nSPS) is 10.3. The van der Waals surface area contributed by atoms with Crippen molar-refractivity contribution in [1.29, 1.82) is 0 Å². The quantitative estimate of drug-likeness (QED) is 0.771. The second-order valence-corrected chi connectivity index (χ2v) is 4.91. The summed E-state index contributed by atoms with van der Waals surface area (Å²) in [5, 5.41) is 12.4. The Morgan fingerprint density at radius 2 is 1.48 bits per heavy atom. The number of nitrogens with one attached hydrogen (secondary N) is 1. The molecule has 1 aromatic heterocycles. The van der Waals surface area contributed by atoms with Crippen LogP contribution < -0.4 is 5.32 Å². The zero-order valence-corrected chi connectivity index (χ0v) is 12.5. The number of hydrogen-bond acceptors (Lipinski definition) is 4. The van der Waals surface area contributed by atoms with Gasteiger partial charge in [-0.2, -0.15) is 0 Å². The van der Waals surface area contributed by atoms with Crippen LogP contribution >= 0.6 is 0 Å². The summed E-state index contributed by atoms with van der Waals surface area (Å²) in [7, 11) is 1.67. The van der Waals surface area contributed by atoms with Gasteiger partial charge in [0.15, 0.2) is 11.5 Å². The summed E-state index contributed by atoms with van der Waals surface area (Å²) >= 11 is 0. The van der Waals surface area contributed by atoms with Crippen LogP contribution in [-0.4, -0.2) is 28.1 Å². The lowest BCUT2D eigenvalue weighted by Crippen LogP contribution is -2.10. The van der Waals surface area contributed by atoms with Gasteiger partial charge in [0.25, 0.3) is 0 Å². The van der Waals surface area contributed by atoms with Crippen molar-refractivity contribution in [2.45, 2.75) is 0 Å². The zero-order valence-electron chi connectivity index (χ0n) is 12.5. The number of aromatic nitrogens is 2. The molecule has 3 rings (SSSR count). The third-order valence-electron chi connectivity index (χ3n) is 3.44. The maximum atomic E-state index is 11.6. The van der Waals surface area contributed by atoms with E-state index in [1.807, 2.05) is 60.7 Å². The molecule has 0 aliphatic rings. The third kappa shape index (κ3) is 2.89. The van der Waals surface area contributed by atoms with Gasteiger partial charge in [0.2, 0.25) is 0 Å². The molecule has 0 amide bonds. The molecular weight excluding hydrogens is 290 g/mol. The van der Waals surface area contributed by atoms with Gasteiger partial charge in [-0.25, -0.2) is 14.8 Å². The SMILES string of the molecule is CNc1c(C(=O)O)nc(-c2ccccc2)nc1-c1ccccc1. The molecule has 23 heavy (non-hydrogen) atoms. The standard InChI is InChI=1S/C18H15N3O2/c1-19-15-14(12-8-4-2-5-9-12)20-17(21-16(15)18(22)23)13-10-6-3-7-11-13/h2-11,19H,1H3,(H,22,23). The lowest BCUT2D eigenvalue weighted by Gasteiger charge is -2.13. The summed E-state index contributed by atoms with van der Waals surface area (Å²) in [6.45, 7) is 0. The van der Waals surface area contributed by atoms with Crippen LogP contribution in [0.15, 0.2) is 60.7 Å². The first-order valence-electron chi connectivity index (χ1n) is 7.14. The van der Waals surface area contributed by atoms with E-state index in [1.54, 1.807) is 7.05 Å². The number of aromatic carboxylic acids is 1. The summed E-state index contributed by atoms with van der Waals surface area (Å²) in [4.78, 5) is 20.4. The number of anilines is 1. The zero-order chi connectivity index (χ0) is 16.2. The van der Waals surface area contributed by atoms with Gasteiger partial charge in [-0.1, -0.05) is 60.7 Å². The lowest BCUT2D eigenvalue weighted by molar-refractivity contribution is 0.0691. The monoisotopic (exact) mass is 305 g/mol. The fraction of sp³-hybridized carbons (Fsp3) is 0.0556. The van der Waals surface area contributed by atoms with Crippen molar-refractivity contribution < 1.29 is 9.90 Å². The highest BCUT2D eigenvalue weighted by Crippen LogP contribution is 2.30. The summed E-state index contributed by atoms with van der Waals surface area (Å²) in [5.41, 5.74) is 2.54. The van der Waals surface area contributed by atoms with Gasteiger partial charge in [-0.3, -0.25) is 0 Å². The van der Waals surface area contributed by atoms with E-state index in [0.717, 1.165) is 11.1 Å². The molecule has 5 nitrogen and oxygen atoms in total. The van der Waals surface area contributed by atoms with Crippen molar-refractivity contribution in [3.8, 4) is 22.6 Å². The van der Waals surface area contributed by atoms with Crippen LogP contribution in [0.1, 0.15) is 10.5 Å². The number of carboxylic acid groups (broad SMARTS) is 1. The summed E-state index contributed by atoms with van der Waals surface area (Å²) in [6, 6.07) is 18.8. The van der Waals surface area contributed by atoms with Crippen LogP contribution in [0.5, 0.6) is 0 Å². The van der Waals surface area contributed by atoms with E-state index in [2.05, 4.69) is 15.3 Å².